The number of hydrogen-bond acceptors (Lipinski definition) is 0. The van der Waals surface area contributed by atoms with Gasteiger partial charge in [-0.1, -0.05) is 56.0 Å². The Morgan fingerprint density at radius 1 is 1.19 bits per heavy atom. The molecular weight excluding hydrogens is 192 g/mol. The molecule has 0 nitrogen and oxygen atoms in total. The average molecular weight is 216 g/mol. The minimum atomic E-state index is 0.806. The zero-order valence-electron chi connectivity index (χ0n) is 10.7. The molecule has 88 valence electrons. The molecule has 0 aromatic heterocycles. The Labute approximate surface area is 100 Å². The fourth-order valence-corrected chi connectivity index (χ4v) is 3.28. The lowest BCUT2D eigenvalue weighted by atomic mass is 9.75. The Kier molecular flexibility index (Phi) is 4.04. The first-order valence-corrected chi connectivity index (χ1v) is 6.88. The van der Waals surface area contributed by atoms with Crippen LogP contribution < -0.4 is 0 Å². The fourth-order valence-electron chi connectivity index (χ4n) is 3.28. The molecule has 0 N–H and O–H groups in total. The third-order valence-electron chi connectivity index (χ3n) is 4.13. The molecule has 1 aromatic rings. The first-order chi connectivity index (χ1) is 7.81. The van der Waals surface area contributed by atoms with E-state index < -0.39 is 0 Å². The molecule has 16 heavy (non-hydrogen) atoms. The lowest BCUT2D eigenvalue weighted by Gasteiger charge is -2.30. The van der Waals surface area contributed by atoms with E-state index in [0.717, 1.165) is 11.8 Å². The molecule has 0 radical (unpaired) electrons. The molecule has 0 aliphatic heterocycles. The molecule has 0 spiro atoms. The summed E-state index contributed by atoms with van der Waals surface area (Å²) in [6.07, 6.45) is 8.56. The first-order valence-electron chi connectivity index (χ1n) is 6.88. The van der Waals surface area contributed by atoms with Crippen LogP contribution in [0.3, 0.4) is 0 Å². The van der Waals surface area contributed by atoms with Gasteiger partial charge in [0, 0.05) is 0 Å². The van der Waals surface area contributed by atoms with Gasteiger partial charge < -0.3 is 0 Å². The van der Waals surface area contributed by atoms with Gasteiger partial charge in [0.05, 0.1) is 0 Å². The third kappa shape index (κ3) is 2.66. The number of aryl methyl sites for hydroxylation is 1. The van der Waals surface area contributed by atoms with Crippen LogP contribution in [0.2, 0.25) is 0 Å². The van der Waals surface area contributed by atoms with Crippen LogP contribution in [0, 0.1) is 12.8 Å². The van der Waals surface area contributed by atoms with E-state index in [9.17, 15) is 0 Å². The Morgan fingerprint density at radius 3 is 2.56 bits per heavy atom. The quantitative estimate of drug-likeness (QED) is 0.662. The highest BCUT2D eigenvalue weighted by molar-refractivity contribution is 5.26. The molecule has 1 saturated carbocycles. The number of benzene rings is 1. The molecule has 1 aromatic carbocycles. The molecule has 2 rings (SSSR count). The SMILES string of the molecule is CCC(c1cccc(C)c1)C1CCCCC1. The van der Waals surface area contributed by atoms with Crippen LogP contribution in [0.1, 0.15) is 62.5 Å². The van der Waals surface area contributed by atoms with Crippen LogP contribution in [-0.4, -0.2) is 0 Å². The predicted octanol–water partition coefficient (Wildman–Crippen LogP) is 5.07. The first kappa shape index (κ1) is 11.7. The van der Waals surface area contributed by atoms with Crippen LogP contribution in [0.15, 0.2) is 24.3 Å². The summed E-state index contributed by atoms with van der Waals surface area (Å²) in [4.78, 5) is 0. The zero-order valence-corrected chi connectivity index (χ0v) is 10.7. The van der Waals surface area contributed by atoms with E-state index in [1.807, 2.05) is 0 Å². The van der Waals surface area contributed by atoms with E-state index in [-0.39, 0.29) is 0 Å². The van der Waals surface area contributed by atoms with E-state index in [1.54, 1.807) is 5.56 Å². The monoisotopic (exact) mass is 216 g/mol. The maximum Gasteiger partial charge on any atom is -0.0136 e. The van der Waals surface area contributed by atoms with E-state index in [1.165, 1.54) is 44.1 Å². The van der Waals surface area contributed by atoms with Crippen LogP contribution in [-0.2, 0) is 0 Å². The minimum Gasteiger partial charge on any atom is -0.0648 e. The van der Waals surface area contributed by atoms with Gasteiger partial charge in [0.1, 0.15) is 0 Å². The molecule has 1 unspecified atom stereocenters. The lowest BCUT2D eigenvalue weighted by molar-refractivity contribution is 0.299. The van der Waals surface area contributed by atoms with Crippen molar-refractivity contribution in [1.29, 1.82) is 0 Å². The van der Waals surface area contributed by atoms with Crippen molar-refractivity contribution < 1.29 is 0 Å². The van der Waals surface area contributed by atoms with Gasteiger partial charge in [0.25, 0.3) is 0 Å². The van der Waals surface area contributed by atoms with Crippen molar-refractivity contribution in [1.82, 2.24) is 0 Å². The lowest BCUT2D eigenvalue weighted by Crippen LogP contribution is -2.15. The minimum absolute atomic E-state index is 0.806. The van der Waals surface area contributed by atoms with Gasteiger partial charge in [-0.3, -0.25) is 0 Å². The van der Waals surface area contributed by atoms with Crippen LogP contribution >= 0.6 is 0 Å². The maximum atomic E-state index is 2.39. The van der Waals surface area contributed by atoms with Crippen molar-refractivity contribution in [3.63, 3.8) is 0 Å². The normalized spacial score (nSPS) is 19.6. The largest absolute Gasteiger partial charge is 0.0648 e. The zero-order chi connectivity index (χ0) is 11.4. The van der Waals surface area contributed by atoms with Crippen molar-refractivity contribution in [2.45, 2.75) is 58.3 Å². The molecule has 0 amide bonds. The van der Waals surface area contributed by atoms with Crippen LogP contribution in [0.5, 0.6) is 0 Å². The van der Waals surface area contributed by atoms with Gasteiger partial charge in [0.15, 0.2) is 0 Å². The summed E-state index contributed by atoms with van der Waals surface area (Å²) in [6, 6.07) is 9.14. The van der Waals surface area contributed by atoms with Gasteiger partial charge in [-0.2, -0.15) is 0 Å². The highest BCUT2D eigenvalue weighted by Gasteiger charge is 2.23. The van der Waals surface area contributed by atoms with E-state index >= 15 is 0 Å². The predicted molar refractivity (Wildman–Crippen MR) is 70.8 cm³/mol. The highest BCUT2D eigenvalue weighted by Crippen LogP contribution is 2.38. The second-order valence-corrected chi connectivity index (χ2v) is 5.33. The Balaban J connectivity index is 2.14. The second-order valence-electron chi connectivity index (χ2n) is 5.33. The molecule has 1 atom stereocenters. The van der Waals surface area contributed by atoms with Crippen molar-refractivity contribution >= 4 is 0 Å². The Morgan fingerprint density at radius 2 is 1.94 bits per heavy atom. The van der Waals surface area contributed by atoms with Crippen molar-refractivity contribution in [2.75, 3.05) is 0 Å². The molecule has 0 bridgehead atoms. The molecule has 1 aliphatic carbocycles. The number of hydrogen-bond donors (Lipinski definition) is 0. The molecular formula is C16H24. The average Bonchev–Trinajstić information content (AvgIpc) is 2.31. The summed E-state index contributed by atoms with van der Waals surface area (Å²) in [6.45, 7) is 4.55. The molecule has 1 fully saturated rings. The van der Waals surface area contributed by atoms with Crippen molar-refractivity contribution in [3.05, 3.63) is 35.4 Å². The Hall–Kier alpha value is -0.780. The van der Waals surface area contributed by atoms with Gasteiger partial charge in [-0.25, -0.2) is 0 Å². The van der Waals surface area contributed by atoms with Gasteiger partial charge in [-0.15, -0.1) is 0 Å². The second kappa shape index (κ2) is 5.52. The Bertz CT molecular complexity index is 321. The smallest absolute Gasteiger partial charge is 0.0136 e. The van der Waals surface area contributed by atoms with Gasteiger partial charge in [-0.05, 0) is 43.6 Å². The molecule has 0 heterocycles. The topological polar surface area (TPSA) is 0 Å². The summed E-state index contributed by atoms with van der Waals surface area (Å²) in [5.74, 6) is 1.75. The fraction of sp³-hybridized carbons (Fsp3) is 0.625. The van der Waals surface area contributed by atoms with Crippen LogP contribution in [0.4, 0.5) is 0 Å². The molecule has 1 aliphatic rings. The van der Waals surface area contributed by atoms with Crippen LogP contribution in [0.25, 0.3) is 0 Å². The van der Waals surface area contributed by atoms with Gasteiger partial charge in [0.2, 0.25) is 0 Å². The molecule has 0 heteroatoms. The standard InChI is InChI=1S/C16H24/c1-3-16(14-9-5-4-6-10-14)15-11-7-8-13(2)12-15/h7-8,11-12,14,16H,3-6,9-10H2,1-2H3. The van der Waals surface area contributed by atoms with E-state index in [2.05, 4.69) is 38.1 Å². The van der Waals surface area contributed by atoms with Crippen molar-refractivity contribution in [3.8, 4) is 0 Å². The molecule has 0 saturated heterocycles. The number of rotatable bonds is 3. The third-order valence-corrected chi connectivity index (χ3v) is 4.13. The van der Waals surface area contributed by atoms with Gasteiger partial charge >= 0.3 is 0 Å². The highest BCUT2D eigenvalue weighted by atomic mass is 14.3. The van der Waals surface area contributed by atoms with E-state index in [4.69, 9.17) is 0 Å². The summed E-state index contributed by atoms with van der Waals surface area (Å²) in [5.41, 5.74) is 2.99. The summed E-state index contributed by atoms with van der Waals surface area (Å²) < 4.78 is 0. The summed E-state index contributed by atoms with van der Waals surface area (Å²) >= 11 is 0. The maximum absolute atomic E-state index is 2.39. The summed E-state index contributed by atoms with van der Waals surface area (Å²) in [5, 5.41) is 0. The summed E-state index contributed by atoms with van der Waals surface area (Å²) in [7, 11) is 0. The van der Waals surface area contributed by atoms with E-state index in [0.29, 0.717) is 0 Å². The van der Waals surface area contributed by atoms with Crippen molar-refractivity contribution in [2.24, 2.45) is 5.92 Å².